The number of thioether (sulfide) groups is 1. The third kappa shape index (κ3) is 1.54. The second-order valence-corrected chi connectivity index (χ2v) is 6.61. The molecule has 2 aliphatic heterocycles. The van der Waals surface area contributed by atoms with Crippen LogP contribution in [0, 0.1) is 0 Å². The second-order valence-electron chi connectivity index (χ2n) is 5.40. The van der Waals surface area contributed by atoms with Gasteiger partial charge in [-0.1, -0.05) is 48.5 Å². The maximum atomic E-state index is 12.8. The van der Waals surface area contributed by atoms with Crippen molar-refractivity contribution >= 4 is 23.6 Å². The minimum Gasteiger partial charge on any atom is -0.480 e. The summed E-state index contributed by atoms with van der Waals surface area (Å²) in [6.07, 6.45) is 0. The van der Waals surface area contributed by atoms with Gasteiger partial charge in [-0.3, -0.25) is 4.79 Å². The summed E-state index contributed by atoms with van der Waals surface area (Å²) in [4.78, 5) is 25.2. The maximum absolute atomic E-state index is 12.8. The number of rotatable bonds is 2. The van der Waals surface area contributed by atoms with E-state index in [-0.39, 0.29) is 5.91 Å². The van der Waals surface area contributed by atoms with Gasteiger partial charge in [0.05, 0.1) is 0 Å². The predicted octanol–water partition coefficient (Wildman–Crippen LogP) is 2.54. The van der Waals surface area contributed by atoms with Gasteiger partial charge in [-0.2, -0.15) is 0 Å². The number of amides is 1. The van der Waals surface area contributed by atoms with Gasteiger partial charge in [0.15, 0.2) is 0 Å². The van der Waals surface area contributed by atoms with E-state index in [1.807, 2.05) is 48.5 Å². The minimum atomic E-state index is -0.952. The molecule has 5 heteroatoms. The lowest BCUT2D eigenvalue weighted by Crippen LogP contribution is -2.46. The van der Waals surface area contributed by atoms with Crippen molar-refractivity contribution in [3.05, 3.63) is 71.3 Å². The van der Waals surface area contributed by atoms with Gasteiger partial charge in [0, 0.05) is 16.9 Å². The molecular weight excluding hydrogens is 298 g/mol. The smallest absolute Gasteiger partial charge is 0.327 e. The maximum Gasteiger partial charge on any atom is 0.327 e. The number of carboxylic acids is 1. The Kier molecular flexibility index (Phi) is 2.81. The highest BCUT2D eigenvalue weighted by Crippen LogP contribution is 2.57. The van der Waals surface area contributed by atoms with Crippen molar-refractivity contribution in [2.24, 2.45) is 0 Å². The second kappa shape index (κ2) is 4.61. The van der Waals surface area contributed by atoms with E-state index in [0.29, 0.717) is 11.3 Å². The molecule has 0 saturated carbocycles. The molecular formula is C17H13NO3S. The number of benzene rings is 2. The van der Waals surface area contributed by atoms with Crippen LogP contribution in [0.2, 0.25) is 0 Å². The minimum absolute atomic E-state index is 0.197. The van der Waals surface area contributed by atoms with Crippen molar-refractivity contribution in [1.82, 2.24) is 4.90 Å². The summed E-state index contributed by atoms with van der Waals surface area (Å²) >= 11 is 1.52. The molecule has 0 aromatic heterocycles. The first-order chi connectivity index (χ1) is 10.7. The van der Waals surface area contributed by atoms with Gasteiger partial charge in [-0.15, -0.1) is 11.8 Å². The summed E-state index contributed by atoms with van der Waals surface area (Å²) in [5.74, 6) is -0.757. The van der Waals surface area contributed by atoms with Crippen molar-refractivity contribution in [2.75, 3.05) is 5.75 Å². The van der Waals surface area contributed by atoms with Crippen LogP contribution < -0.4 is 0 Å². The number of hydrogen-bond acceptors (Lipinski definition) is 3. The third-order valence-corrected chi connectivity index (χ3v) is 5.84. The van der Waals surface area contributed by atoms with Gasteiger partial charge in [-0.25, -0.2) is 4.79 Å². The van der Waals surface area contributed by atoms with Gasteiger partial charge >= 0.3 is 5.97 Å². The van der Waals surface area contributed by atoms with Crippen LogP contribution >= 0.6 is 11.8 Å². The largest absolute Gasteiger partial charge is 0.480 e. The predicted molar refractivity (Wildman–Crippen MR) is 83.7 cm³/mol. The molecule has 1 unspecified atom stereocenters. The number of hydrogen-bond donors (Lipinski definition) is 1. The first-order valence-electron chi connectivity index (χ1n) is 7.02. The molecule has 4 nitrogen and oxygen atoms in total. The molecule has 1 fully saturated rings. The van der Waals surface area contributed by atoms with Crippen LogP contribution in [-0.2, 0) is 9.67 Å². The fourth-order valence-corrected chi connectivity index (χ4v) is 5.05. The number of carboxylic acid groups (broad SMARTS) is 1. The Morgan fingerprint density at radius 1 is 1.14 bits per heavy atom. The molecule has 0 aliphatic carbocycles. The Hall–Kier alpha value is -2.27. The highest BCUT2D eigenvalue weighted by atomic mass is 32.2. The molecule has 2 aromatic rings. The van der Waals surface area contributed by atoms with Crippen LogP contribution in [0.5, 0.6) is 0 Å². The number of fused-ring (bicyclic) bond motifs is 3. The summed E-state index contributed by atoms with van der Waals surface area (Å²) in [6.45, 7) is 0. The number of nitrogens with zero attached hydrogens (tertiary/aromatic N) is 1. The highest BCUT2D eigenvalue weighted by molar-refractivity contribution is 8.00. The fraction of sp³-hybridized carbons (Fsp3) is 0.176. The highest BCUT2D eigenvalue weighted by Gasteiger charge is 2.59. The quantitative estimate of drug-likeness (QED) is 0.926. The van der Waals surface area contributed by atoms with E-state index in [1.54, 1.807) is 11.0 Å². The molecule has 0 spiro atoms. The average Bonchev–Trinajstić information content (AvgIpc) is 3.06. The molecule has 1 amide bonds. The van der Waals surface area contributed by atoms with Crippen molar-refractivity contribution in [3.8, 4) is 0 Å². The Balaban J connectivity index is 2.00. The first-order valence-corrected chi connectivity index (χ1v) is 8.00. The van der Waals surface area contributed by atoms with Crippen molar-refractivity contribution in [1.29, 1.82) is 0 Å². The van der Waals surface area contributed by atoms with Crippen LogP contribution in [0.1, 0.15) is 21.5 Å². The van der Waals surface area contributed by atoms with Crippen LogP contribution in [0.25, 0.3) is 0 Å². The molecule has 2 atom stereocenters. The van der Waals surface area contributed by atoms with Crippen molar-refractivity contribution < 1.29 is 14.7 Å². The molecule has 4 rings (SSSR count). The Labute approximate surface area is 131 Å². The van der Waals surface area contributed by atoms with E-state index < -0.39 is 16.9 Å². The van der Waals surface area contributed by atoms with E-state index in [4.69, 9.17) is 0 Å². The summed E-state index contributed by atoms with van der Waals surface area (Å²) in [5, 5.41) is 9.51. The summed E-state index contributed by atoms with van der Waals surface area (Å²) in [6, 6.07) is 16.3. The Morgan fingerprint density at radius 2 is 1.82 bits per heavy atom. The van der Waals surface area contributed by atoms with Crippen LogP contribution in [0.15, 0.2) is 54.6 Å². The van der Waals surface area contributed by atoms with Crippen LogP contribution in [0.4, 0.5) is 0 Å². The Bertz CT molecular complexity index is 776. The molecule has 2 aliphatic rings. The van der Waals surface area contributed by atoms with E-state index in [0.717, 1.165) is 11.1 Å². The summed E-state index contributed by atoms with van der Waals surface area (Å²) < 4.78 is 0. The van der Waals surface area contributed by atoms with E-state index in [1.165, 1.54) is 11.8 Å². The molecule has 110 valence electrons. The molecule has 0 radical (unpaired) electrons. The summed E-state index contributed by atoms with van der Waals surface area (Å²) in [7, 11) is 0. The molecule has 1 N–H and O–H groups in total. The topological polar surface area (TPSA) is 57.6 Å². The van der Waals surface area contributed by atoms with E-state index in [9.17, 15) is 14.7 Å². The van der Waals surface area contributed by atoms with Crippen molar-refractivity contribution in [2.45, 2.75) is 10.9 Å². The number of carbonyl (C=O) groups excluding carboxylic acids is 1. The Morgan fingerprint density at radius 3 is 2.55 bits per heavy atom. The molecule has 2 heterocycles. The first kappa shape index (κ1) is 13.4. The molecule has 1 saturated heterocycles. The third-order valence-electron chi connectivity index (χ3n) is 4.29. The standard InChI is InChI=1S/C17H13NO3S/c19-15-12-8-4-5-9-13(12)17(11-6-2-1-3-7-11)18(15)14(10-22-17)16(20)21/h1-9,14H,10H2,(H,20,21)/t14-,17?/m1/s1. The van der Waals surface area contributed by atoms with E-state index >= 15 is 0 Å². The average molecular weight is 311 g/mol. The lowest BCUT2D eigenvalue weighted by Gasteiger charge is -2.34. The van der Waals surface area contributed by atoms with Crippen LogP contribution in [-0.4, -0.2) is 33.7 Å². The number of aliphatic carboxylic acids is 1. The lowest BCUT2D eigenvalue weighted by atomic mass is 9.97. The van der Waals surface area contributed by atoms with Gasteiger partial charge in [-0.05, 0) is 11.6 Å². The van der Waals surface area contributed by atoms with Crippen molar-refractivity contribution in [3.63, 3.8) is 0 Å². The van der Waals surface area contributed by atoms with Gasteiger partial charge in [0.2, 0.25) is 0 Å². The summed E-state index contributed by atoms with van der Waals surface area (Å²) in [5.41, 5.74) is 2.44. The lowest BCUT2D eigenvalue weighted by molar-refractivity contribution is -0.141. The van der Waals surface area contributed by atoms with Gasteiger partial charge < -0.3 is 10.0 Å². The van der Waals surface area contributed by atoms with Gasteiger partial charge in [0.25, 0.3) is 5.91 Å². The fourth-order valence-electron chi connectivity index (χ4n) is 3.37. The SMILES string of the molecule is O=C(O)[C@H]1CSC2(c3ccccc3)c3ccccc3C(=O)N12. The monoisotopic (exact) mass is 311 g/mol. The molecule has 0 bridgehead atoms. The zero-order valence-electron chi connectivity index (χ0n) is 11.6. The normalized spacial score (nSPS) is 25.9. The van der Waals surface area contributed by atoms with Crippen LogP contribution in [0.3, 0.4) is 0 Å². The molecule has 22 heavy (non-hydrogen) atoms. The number of carbonyl (C=O) groups is 2. The zero-order chi connectivity index (χ0) is 15.3. The zero-order valence-corrected chi connectivity index (χ0v) is 12.4. The molecule has 2 aromatic carbocycles. The van der Waals surface area contributed by atoms with Gasteiger partial charge in [0.1, 0.15) is 10.9 Å². The van der Waals surface area contributed by atoms with E-state index in [2.05, 4.69) is 0 Å².